The molecule has 3 rings (SSSR count). The van der Waals surface area contributed by atoms with Gasteiger partial charge in [0.15, 0.2) is 6.61 Å². The van der Waals surface area contributed by atoms with Gasteiger partial charge in [-0.1, -0.05) is 18.2 Å². The minimum Gasteiger partial charge on any atom is -0.497 e. The molecule has 0 saturated carbocycles. The van der Waals surface area contributed by atoms with Crippen LogP contribution in [-0.2, 0) is 14.3 Å². The molecule has 8 heteroatoms. The van der Waals surface area contributed by atoms with Gasteiger partial charge in [-0.2, -0.15) is 0 Å². The standard InChI is InChI=1S/C21H22N2O5S/c1-27-17-7-4-16(5-8-17)6-9-20(25)28-15-19(24)22-10-12-23(13-11-22)21(26)18-3-2-14-29-18/h2-9,14H,10-13,15H2,1H3/b9-6+. The van der Waals surface area contributed by atoms with Crippen molar-refractivity contribution < 1.29 is 23.9 Å². The first-order valence-electron chi connectivity index (χ1n) is 9.16. The number of nitrogens with zero attached hydrogens (tertiary/aromatic N) is 2. The zero-order chi connectivity index (χ0) is 20.6. The maximum atomic E-state index is 12.3. The number of piperazine rings is 1. The largest absolute Gasteiger partial charge is 0.497 e. The summed E-state index contributed by atoms with van der Waals surface area (Å²) in [5.41, 5.74) is 0.820. The van der Waals surface area contributed by atoms with Gasteiger partial charge in [0.2, 0.25) is 0 Å². The SMILES string of the molecule is COc1ccc(/C=C/C(=O)OCC(=O)N2CCN(C(=O)c3cccs3)CC2)cc1. The second kappa shape index (κ2) is 9.88. The van der Waals surface area contributed by atoms with E-state index in [0.717, 1.165) is 11.3 Å². The van der Waals surface area contributed by atoms with E-state index in [0.29, 0.717) is 31.1 Å². The number of esters is 1. The summed E-state index contributed by atoms with van der Waals surface area (Å²) in [7, 11) is 1.58. The average Bonchev–Trinajstić information content (AvgIpc) is 3.31. The van der Waals surface area contributed by atoms with E-state index >= 15 is 0 Å². The molecule has 0 N–H and O–H groups in total. The van der Waals surface area contributed by atoms with Crippen LogP contribution in [0.1, 0.15) is 15.2 Å². The highest BCUT2D eigenvalue weighted by Gasteiger charge is 2.25. The highest BCUT2D eigenvalue weighted by Crippen LogP contribution is 2.14. The number of carbonyl (C=O) groups excluding carboxylic acids is 3. The van der Waals surface area contributed by atoms with Crippen molar-refractivity contribution in [2.24, 2.45) is 0 Å². The van der Waals surface area contributed by atoms with E-state index in [1.807, 2.05) is 23.6 Å². The van der Waals surface area contributed by atoms with Gasteiger partial charge < -0.3 is 19.3 Å². The van der Waals surface area contributed by atoms with Gasteiger partial charge in [0.25, 0.3) is 11.8 Å². The fraction of sp³-hybridized carbons (Fsp3) is 0.286. The Balaban J connectivity index is 1.40. The Morgan fingerprint density at radius 1 is 1.03 bits per heavy atom. The predicted octanol–water partition coefficient (Wildman–Crippen LogP) is 2.30. The lowest BCUT2D eigenvalue weighted by Gasteiger charge is -2.34. The van der Waals surface area contributed by atoms with Crippen LogP contribution in [0.4, 0.5) is 0 Å². The van der Waals surface area contributed by atoms with Gasteiger partial charge >= 0.3 is 5.97 Å². The Labute approximate surface area is 173 Å². The third kappa shape index (κ3) is 5.68. The van der Waals surface area contributed by atoms with Crippen LogP contribution >= 0.6 is 11.3 Å². The second-order valence-corrected chi connectivity index (χ2v) is 7.31. The minimum absolute atomic E-state index is 0.0119. The number of hydrogen-bond donors (Lipinski definition) is 0. The minimum atomic E-state index is -0.583. The van der Waals surface area contributed by atoms with Crippen molar-refractivity contribution in [3.05, 3.63) is 58.3 Å². The number of hydrogen-bond acceptors (Lipinski definition) is 6. The lowest BCUT2D eigenvalue weighted by molar-refractivity contribution is -0.148. The number of amides is 2. The Morgan fingerprint density at radius 3 is 2.34 bits per heavy atom. The molecule has 29 heavy (non-hydrogen) atoms. The molecule has 1 aliphatic rings. The number of methoxy groups -OCH3 is 1. The monoisotopic (exact) mass is 414 g/mol. The van der Waals surface area contributed by atoms with Gasteiger partial charge in [-0.05, 0) is 35.2 Å². The number of rotatable bonds is 6. The quantitative estimate of drug-likeness (QED) is 0.536. The first-order chi connectivity index (χ1) is 14.1. The fourth-order valence-electron chi connectivity index (χ4n) is 2.87. The molecule has 1 aliphatic heterocycles. The van der Waals surface area contributed by atoms with Crippen molar-refractivity contribution in [2.45, 2.75) is 0 Å². The Kier molecular flexibility index (Phi) is 7.02. The average molecular weight is 414 g/mol. The summed E-state index contributed by atoms with van der Waals surface area (Å²) in [6, 6.07) is 10.8. The number of carbonyl (C=O) groups is 3. The molecule has 1 fully saturated rings. The molecular weight excluding hydrogens is 392 g/mol. The first-order valence-corrected chi connectivity index (χ1v) is 10.0. The third-order valence-electron chi connectivity index (χ3n) is 4.52. The van der Waals surface area contributed by atoms with Crippen LogP contribution in [0.5, 0.6) is 5.75 Å². The topological polar surface area (TPSA) is 76.2 Å². The number of thiophene rings is 1. The summed E-state index contributed by atoms with van der Waals surface area (Å²) in [6.07, 6.45) is 2.90. The summed E-state index contributed by atoms with van der Waals surface area (Å²) in [5, 5.41) is 1.87. The Hall–Kier alpha value is -3.13. The van der Waals surface area contributed by atoms with Crippen molar-refractivity contribution in [3.8, 4) is 5.75 Å². The number of benzene rings is 1. The number of ether oxygens (including phenoxy) is 2. The lowest BCUT2D eigenvalue weighted by Crippen LogP contribution is -2.51. The normalized spacial score (nSPS) is 14.1. The van der Waals surface area contributed by atoms with Crippen LogP contribution in [0.3, 0.4) is 0 Å². The van der Waals surface area contributed by atoms with E-state index in [-0.39, 0.29) is 18.4 Å². The molecule has 0 spiro atoms. The van der Waals surface area contributed by atoms with Gasteiger partial charge in [0.05, 0.1) is 12.0 Å². The van der Waals surface area contributed by atoms with Crippen molar-refractivity contribution >= 4 is 35.2 Å². The summed E-state index contributed by atoms with van der Waals surface area (Å²) >= 11 is 1.41. The molecule has 0 unspecified atom stereocenters. The van der Waals surface area contributed by atoms with Gasteiger partial charge in [-0.15, -0.1) is 11.3 Å². The smallest absolute Gasteiger partial charge is 0.331 e. The van der Waals surface area contributed by atoms with Gasteiger partial charge in [0.1, 0.15) is 5.75 Å². The third-order valence-corrected chi connectivity index (χ3v) is 5.37. The van der Waals surface area contributed by atoms with E-state index in [2.05, 4.69) is 0 Å². The van der Waals surface area contributed by atoms with E-state index < -0.39 is 5.97 Å². The van der Waals surface area contributed by atoms with Gasteiger partial charge in [-0.25, -0.2) is 4.79 Å². The Bertz CT molecular complexity index is 869. The van der Waals surface area contributed by atoms with Gasteiger partial charge in [-0.3, -0.25) is 9.59 Å². The van der Waals surface area contributed by atoms with E-state index in [1.54, 1.807) is 41.2 Å². The molecule has 0 radical (unpaired) electrons. The molecule has 152 valence electrons. The van der Waals surface area contributed by atoms with Crippen LogP contribution in [0, 0.1) is 0 Å². The van der Waals surface area contributed by atoms with Crippen LogP contribution in [0.2, 0.25) is 0 Å². The summed E-state index contributed by atoms with van der Waals surface area (Å²) in [5.74, 6) is -0.130. The zero-order valence-corrected chi connectivity index (χ0v) is 16.9. The summed E-state index contributed by atoms with van der Waals surface area (Å²) in [4.78, 5) is 40.5. The van der Waals surface area contributed by atoms with Gasteiger partial charge in [0, 0.05) is 32.3 Å². The highest BCUT2D eigenvalue weighted by molar-refractivity contribution is 7.12. The van der Waals surface area contributed by atoms with Crippen LogP contribution in [0.15, 0.2) is 47.9 Å². The maximum absolute atomic E-state index is 12.3. The van der Waals surface area contributed by atoms with Crippen molar-refractivity contribution in [1.29, 1.82) is 0 Å². The molecule has 1 saturated heterocycles. The second-order valence-electron chi connectivity index (χ2n) is 6.36. The fourth-order valence-corrected chi connectivity index (χ4v) is 3.56. The molecule has 2 aromatic rings. The lowest BCUT2D eigenvalue weighted by atomic mass is 10.2. The van der Waals surface area contributed by atoms with E-state index in [9.17, 15) is 14.4 Å². The summed E-state index contributed by atoms with van der Waals surface area (Å²) < 4.78 is 10.1. The molecule has 2 amide bonds. The van der Waals surface area contributed by atoms with E-state index in [4.69, 9.17) is 9.47 Å². The molecule has 0 atom stereocenters. The van der Waals surface area contributed by atoms with Crippen LogP contribution < -0.4 is 4.74 Å². The van der Waals surface area contributed by atoms with Crippen LogP contribution in [-0.4, -0.2) is 67.5 Å². The summed E-state index contributed by atoms with van der Waals surface area (Å²) in [6.45, 7) is 1.47. The molecule has 7 nitrogen and oxygen atoms in total. The predicted molar refractivity (Wildman–Crippen MR) is 110 cm³/mol. The van der Waals surface area contributed by atoms with Crippen LogP contribution in [0.25, 0.3) is 6.08 Å². The first kappa shape index (κ1) is 20.6. The highest BCUT2D eigenvalue weighted by atomic mass is 32.1. The molecule has 2 heterocycles. The zero-order valence-electron chi connectivity index (χ0n) is 16.1. The molecule has 0 bridgehead atoms. The molecule has 1 aromatic carbocycles. The van der Waals surface area contributed by atoms with Crippen molar-refractivity contribution in [2.75, 3.05) is 39.9 Å². The molecule has 1 aromatic heterocycles. The van der Waals surface area contributed by atoms with Crippen molar-refractivity contribution in [3.63, 3.8) is 0 Å². The molecular formula is C21H22N2O5S. The van der Waals surface area contributed by atoms with Crippen molar-refractivity contribution in [1.82, 2.24) is 9.80 Å². The Morgan fingerprint density at radius 2 is 1.72 bits per heavy atom. The van der Waals surface area contributed by atoms with E-state index in [1.165, 1.54) is 17.4 Å². The molecule has 0 aliphatic carbocycles. The maximum Gasteiger partial charge on any atom is 0.331 e.